The van der Waals surface area contributed by atoms with E-state index >= 15 is 0 Å². The number of aromatic carboxylic acids is 1. The number of benzene rings is 1. The highest BCUT2D eigenvalue weighted by Crippen LogP contribution is 2.45. The van der Waals surface area contributed by atoms with Crippen LogP contribution in [0.3, 0.4) is 0 Å². The van der Waals surface area contributed by atoms with Gasteiger partial charge in [0.15, 0.2) is 0 Å². The fourth-order valence-electron chi connectivity index (χ4n) is 6.18. The number of nitrogens with one attached hydrogen (secondary N) is 2. The molecule has 39 heavy (non-hydrogen) atoms. The molecule has 4 aromatic heterocycles. The van der Waals surface area contributed by atoms with Gasteiger partial charge in [-0.25, -0.2) is 19.2 Å². The number of hydrogen-bond acceptors (Lipinski definition) is 7. The second-order valence-corrected chi connectivity index (χ2v) is 10.3. The van der Waals surface area contributed by atoms with Crippen molar-refractivity contribution < 1.29 is 19.0 Å². The summed E-state index contributed by atoms with van der Waals surface area (Å²) in [4.78, 5) is 39.7. The largest absolute Gasteiger partial charge is 0.477 e. The average Bonchev–Trinajstić information content (AvgIpc) is 3.63. The van der Waals surface area contributed by atoms with E-state index in [1.54, 1.807) is 32.6 Å². The van der Waals surface area contributed by atoms with E-state index < -0.39 is 11.4 Å². The van der Waals surface area contributed by atoms with Gasteiger partial charge in [0, 0.05) is 74.1 Å². The zero-order chi connectivity index (χ0) is 27.0. The molecule has 0 amide bonds. The number of fused-ring (bicyclic) bond motifs is 5. The molecule has 0 bridgehead atoms. The molecule has 10 nitrogen and oxygen atoms in total. The van der Waals surface area contributed by atoms with Crippen molar-refractivity contribution in [3.63, 3.8) is 0 Å². The first-order valence-electron chi connectivity index (χ1n) is 12.7. The highest BCUT2D eigenvalue weighted by atomic mass is 19.1. The summed E-state index contributed by atoms with van der Waals surface area (Å²) < 4.78 is 22.0. The minimum atomic E-state index is -1.29. The molecule has 2 aliphatic heterocycles. The number of ether oxygens (including phenoxy) is 1. The monoisotopic (exact) mass is 528 g/mol. The molecule has 2 aliphatic rings. The van der Waals surface area contributed by atoms with Crippen LogP contribution in [0, 0.1) is 17.7 Å². The molecule has 2 saturated heterocycles. The van der Waals surface area contributed by atoms with Gasteiger partial charge in [-0.1, -0.05) is 0 Å². The number of aromatic nitrogens is 4. The van der Waals surface area contributed by atoms with E-state index in [1.807, 2.05) is 0 Å². The van der Waals surface area contributed by atoms with E-state index in [0.29, 0.717) is 53.0 Å². The van der Waals surface area contributed by atoms with Crippen LogP contribution in [0.15, 0.2) is 41.6 Å². The molecule has 2 unspecified atom stereocenters. The second-order valence-electron chi connectivity index (χ2n) is 10.3. The smallest absolute Gasteiger partial charge is 0.341 e. The van der Waals surface area contributed by atoms with Gasteiger partial charge >= 0.3 is 5.97 Å². The van der Waals surface area contributed by atoms with Crippen molar-refractivity contribution in [2.75, 3.05) is 43.6 Å². The number of carboxylic acid groups (broad SMARTS) is 1. The minimum Gasteiger partial charge on any atom is -0.477 e. The lowest BCUT2D eigenvalue weighted by molar-refractivity contribution is 0.0695. The molecule has 0 spiro atoms. The Balaban J connectivity index is 1.53. The van der Waals surface area contributed by atoms with Crippen LogP contribution in [-0.4, -0.2) is 63.9 Å². The van der Waals surface area contributed by atoms with Crippen LogP contribution in [0.25, 0.3) is 44.1 Å². The maximum atomic E-state index is 14.8. The molecule has 5 aromatic rings. The fraction of sp³-hybridized carbons (Fsp3) is 0.286. The van der Waals surface area contributed by atoms with E-state index in [2.05, 4.69) is 20.2 Å². The SMILES string of the molecule is CNc1cc(F)cc2c1[nH]c1ncc(-c3cnc4c(c3)c(=O)c(C(=O)O)cn4C)c(N3CC4COCC4C3)c12. The Labute approximate surface area is 221 Å². The topological polar surface area (TPSA) is 125 Å². The van der Waals surface area contributed by atoms with Crippen LogP contribution in [-0.2, 0) is 11.8 Å². The summed E-state index contributed by atoms with van der Waals surface area (Å²) in [5, 5.41) is 14.3. The summed E-state index contributed by atoms with van der Waals surface area (Å²) in [5.74, 6) is -0.890. The number of aryl methyl sites for hydroxylation is 1. The fourth-order valence-corrected chi connectivity index (χ4v) is 6.18. The first kappa shape index (κ1) is 23.6. The minimum absolute atomic E-state index is 0.204. The van der Waals surface area contributed by atoms with Gasteiger partial charge in [0.2, 0.25) is 5.43 Å². The number of hydrogen-bond donors (Lipinski definition) is 3. The summed E-state index contributed by atoms with van der Waals surface area (Å²) in [7, 11) is 3.40. The number of pyridine rings is 3. The summed E-state index contributed by atoms with van der Waals surface area (Å²) in [5.41, 5.74) is 3.69. The van der Waals surface area contributed by atoms with E-state index in [9.17, 15) is 19.1 Å². The van der Waals surface area contributed by atoms with Gasteiger partial charge in [0.1, 0.15) is 22.7 Å². The van der Waals surface area contributed by atoms with Crippen molar-refractivity contribution in [2.24, 2.45) is 18.9 Å². The van der Waals surface area contributed by atoms with E-state index in [4.69, 9.17) is 9.72 Å². The molecule has 2 atom stereocenters. The lowest BCUT2D eigenvalue weighted by atomic mass is 10.0. The summed E-state index contributed by atoms with van der Waals surface area (Å²) in [6.07, 6.45) is 4.69. The quantitative estimate of drug-likeness (QED) is 0.323. The molecule has 0 radical (unpaired) electrons. The van der Waals surface area contributed by atoms with Crippen LogP contribution in [0.4, 0.5) is 15.8 Å². The predicted molar refractivity (Wildman–Crippen MR) is 146 cm³/mol. The number of carboxylic acids is 1. The lowest BCUT2D eigenvalue weighted by Crippen LogP contribution is -2.23. The zero-order valence-electron chi connectivity index (χ0n) is 21.3. The molecule has 2 fully saturated rings. The van der Waals surface area contributed by atoms with Gasteiger partial charge in [0.25, 0.3) is 0 Å². The lowest BCUT2D eigenvalue weighted by Gasteiger charge is -2.24. The van der Waals surface area contributed by atoms with Crippen LogP contribution in [0.2, 0.25) is 0 Å². The number of H-pyrrole nitrogens is 1. The van der Waals surface area contributed by atoms with Gasteiger partial charge in [-0.15, -0.1) is 0 Å². The molecule has 0 saturated carbocycles. The number of rotatable bonds is 4. The van der Waals surface area contributed by atoms with Crippen LogP contribution in [0.5, 0.6) is 0 Å². The van der Waals surface area contributed by atoms with Crippen molar-refractivity contribution in [2.45, 2.75) is 0 Å². The maximum Gasteiger partial charge on any atom is 0.341 e. The number of anilines is 2. The zero-order valence-corrected chi connectivity index (χ0v) is 21.3. The summed E-state index contributed by atoms with van der Waals surface area (Å²) in [6.45, 7) is 2.93. The van der Waals surface area contributed by atoms with Gasteiger partial charge in [-0.2, -0.15) is 0 Å². The van der Waals surface area contributed by atoms with Crippen molar-refractivity contribution in [3.05, 3.63) is 58.4 Å². The van der Waals surface area contributed by atoms with Gasteiger partial charge in [0.05, 0.1) is 40.9 Å². The van der Waals surface area contributed by atoms with Crippen molar-refractivity contribution >= 4 is 50.3 Å². The Kier molecular flexibility index (Phi) is 5.14. The Morgan fingerprint density at radius 3 is 2.64 bits per heavy atom. The van der Waals surface area contributed by atoms with Crippen LogP contribution < -0.4 is 15.6 Å². The first-order chi connectivity index (χ1) is 18.8. The summed E-state index contributed by atoms with van der Waals surface area (Å²) >= 11 is 0. The highest BCUT2D eigenvalue weighted by Gasteiger charge is 2.39. The molecule has 7 rings (SSSR count). The molecular weight excluding hydrogens is 503 g/mol. The van der Waals surface area contributed by atoms with E-state index in [0.717, 1.165) is 35.2 Å². The Morgan fingerprint density at radius 2 is 1.92 bits per heavy atom. The number of halogens is 1. The average molecular weight is 529 g/mol. The summed E-state index contributed by atoms with van der Waals surface area (Å²) in [6, 6.07) is 4.63. The number of nitrogens with zero attached hydrogens (tertiary/aromatic N) is 4. The third-order valence-electron chi connectivity index (χ3n) is 8.05. The Hall–Kier alpha value is -4.51. The van der Waals surface area contributed by atoms with E-state index in [1.165, 1.54) is 22.9 Å². The third kappa shape index (κ3) is 3.49. The van der Waals surface area contributed by atoms with Crippen molar-refractivity contribution in [1.29, 1.82) is 0 Å². The molecule has 0 aliphatic carbocycles. The van der Waals surface area contributed by atoms with Crippen molar-refractivity contribution in [1.82, 2.24) is 19.5 Å². The predicted octanol–water partition coefficient (Wildman–Crippen LogP) is 3.59. The standard InChI is InChI=1S/C28H25FN6O4/c1-30-21-5-16(29)4-17-22-24(35-8-14-11-39-12-15(14)9-35)19(7-31-26(22)33-23(17)21)13-3-18-25(36)20(28(37)38)10-34(2)27(18)32-6-13/h3-7,10,14-15,30H,8-9,11-12H2,1-2H3,(H,31,33)(H,37,38). The number of aromatic amines is 1. The molecule has 198 valence electrons. The van der Waals surface area contributed by atoms with Gasteiger partial charge in [-0.05, 0) is 18.2 Å². The Bertz CT molecular complexity index is 1890. The normalized spacial score (nSPS) is 18.9. The molecule has 6 heterocycles. The Morgan fingerprint density at radius 1 is 1.15 bits per heavy atom. The van der Waals surface area contributed by atoms with Crippen LogP contribution in [0.1, 0.15) is 10.4 Å². The van der Waals surface area contributed by atoms with Gasteiger partial charge < -0.3 is 29.6 Å². The molecule has 11 heteroatoms. The maximum absolute atomic E-state index is 14.8. The molecular formula is C28H25FN6O4. The van der Waals surface area contributed by atoms with Gasteiger partial charge in [-0.3, -0.25) is 4.79 Å². The third-order valence-corrected chi connectivity index (χ3v) is 8.05. The highest BCUT2D eigenvalue weighted by molar-refractivity contribution is 6.18. The molecule has 1 aromatic carbocycles. The van der Waals surface area contributed by atoms with Crippen LogP contribution >= 0.6 is 0 Å². The number of carbonyl (C=O) groups is 1. The first-order valence-corrected chi connectivity index (χ1v) is 12.7. The van der Waals surface area contributed by atoms with E-state index in [-0.39, 0.29) is 16.8 Å². The van der Waals surface area contributed by atoms with Crippen molar-refractivity contribution in [3.8, 4) is 11.1 Å². The molecule has 3 N–H and O–H groups in total. The second kappa shape index (κ2) is 8.50.